The summed E-state index contributed by atoms with van der Waals surface area (Å²) in [7, 11) is 1.79. The first-order valence-corrected chi connectivity index (χ1v) is 16.2. The normalized spacial score (nSPS) is 23.5. The molecule has 0 spiro atoms. The molecule has 5 rings (SSSR count). The van der Waals surface area contributed by atoms with E-state index in [1.54, 1.807) is 35.2 Å². The van der Waals surface area contributed by atoms with Gasteiger partial charge in [0.1, 0.15) is 11.8 Å². The van der Waals surface area contributed by atoms with Crippen molar-refractivity contribution < 1.29 is 37.0 Å². The zero-order chi connectivity index (χ0) is 35.0. The summed E-state index contributed by atoms with van der Waals surface area (Å²) < 4.78 is 64.4. The monoisotopic (exact) mass is 674 g/mol. The lowest BCUT2D eigenvalue weighted by molar-refractivity contribution is -0.143. The first-order chi connectivity index (χ1) is 22.5. The first-order valence-electron chi connectivity index (χ1n) is 16.2. The molecule has 2 aromatic heterocycles. The van der Waals surface area contributed by atoms with E-state index in [1.807, 2.05) is 24.9 Å². The number of carbonyl (C=O) groups excluding carboxylic acids is 1. The number of aryl methyl sites for hydroxylation is 1. The topological polar surface area (TPSA) is 114 Å². The molecule has 1 aliphatic carbocycles. The molecule has 1 N–H and O–H groups in total. The molecule has 2 fully saturated rings. The Morgan fingerprint density at radius 2 is 1.54 bits per heavy atom. The van der Waals surface area contributed by atoms with E-state index in [9.17, 15) is 27.9 Å². The average Bonchev–Trinajstić information content (AvgIpc) is 3.45. The third-order valence-electron chi connectivity index (χ3n) is 9.41. The van der Waals surface area contributed by atoms with E-state index in [2.05, 4.69) is 15.1 Å². The second-order valence-corrected chi connectivity index (χ2v) is 13.6. The van der Waals surface area contributed by atoms with Crippen molar-refractivity contribution in [3.8, 4) is 11.1 Å². The van der Waals surface area contributed by atoms with Gasteiger partial charge >= 0.3 is 18.2 Å². The number of nitrogens with zero attached hydrogens (tertiary/aromatic N) is 6. The van der Waals surface area contributed by atoms with Gasteiger partial charge in [-0.2, -0.15) is 18.3 Å². The Bertz CT molecular complexity index is 1550. The molecular weight excluding hydrogens is 632 g/mol. The summed E-state index contributed by atoms with van der Waals surface area (Å²) >= 11 is 0. The number of benzene rings is 1. The molecule has 14 heteroatoms. The van der Waals surface area contributed by atoms with Gasteiger partial charge in [0.2, 0.25) is 5.95 Å². The Hall–Kier alpha value is -4.23. The molecule has 2 atom stereocenters. The van der Waals surface area contributed by atoms with Gasteiger partial charge in [-0.25, -0.2) is 19.2 Å². The van der Waals surface area contributed by atoms with Crippen molar-refractivity contribution in [1.29, 1.82) is 0 Å². The fraction of sp³-hybridized carbons (Fsp3) is 0.559. The number of carboxylic acids is 1. The molecule has 48 heavy (non-hydrogen) atoms. The van der Waals surface area contributed by atoms with Gasteiger partial charge in [0.25, 0.3) is 0 Å². The molecule has 1 amide bonds. The molecular formula is C34H42F4N6O4. The van der Waals surface area contributed by atoms with E-state index in [1.165, 1.54) is 19.9 Å². The van der Waals surface area contributed by atoms with Crippen LogP contribution in [0.4, 0.5) is 28.3 Å². The van der Waals surface area contributed by atoms with E-state index < -0.39 is 35.4 Å². The number of aromatic nitrogens is 4. The van der Waals surface area contributed by atoms with Crippen LogP contribution in [-0.4, -0.2) is 66.0 Å². The van der Waals surface area contributed by atoms with Gasteiger partial charge in [0.05, 0.1) is 17.7 Å². The third-order valence-corrected chi connectivity index (χ3v) is 9.41. The number of halogens is 4. The Kier molecular flexibility index (Phi) is 10.0. The summed E-state index contributed by atoms with van der Waals surface area (Å²) in [5.74, 6) is -0.972. The van der Waals surface area contributed by atoms with Crippen molar-refractivity contribution in [2.24, 2.45) is 13.0 Å². The number of anilines is 1. The summed E-state index contributed by atoms with van der Waals surface area (Å²) in [6.45, 7) is 6.20. The molecule has 1 saturated heterocycles. The van der Waals surface area contributed by atoms with Gasteiger partial charge in [-0.1, -0.05) is 6.07 Å². The van der Waals surface area contributed by atoms with Crippen LogP contribution in [-0.2, 0) is 35.0 Å². The van der Waals surface area contributed by atoms with Crippen molar-refractivity contribution in [1.82, 2.24) is 24.6 Å². The van der Waals surface area contributed by atoms with Gasteiger partial charge in [0, 0.05) is 61.4 Å². The Morgan fingerprint density at radius 3 is 2.06 bits per heavy atom. The molecule has 1 aliphatic heterocycles. The van der Waals surface area contributed by atoms with Crippen LogP contribution in [0.2, 0.25) is 0 Å². The van der Waals surface area contributed by atoms with E-state index in [4.69, 9.17) is 4.74 Å². The van der Waals surface area contributed by atoms with Gasteiger partial charge in [-0.05, 0) is 89.5 Å². The zero-order valence-electron chi connectivity index (χ0n) is 27.7. The number of ether oxygens (including phenoxy) is 1. The number of carboxylic acid groups (broad SMARTS) is 1. The summed E-state index contributed by atoms with van der Waals surface area (Å²) in [4.78, 5) is 37.4. The standard InChI is InChI=1S/C34H42F4N6O4/c1-20-10-28(11-21(2)44(20)32(47)48-29-8-6-23(7-9-29)30(45)46)43(31-39-15-24(16-40-31)25-17-41-42(5)19-25)18-22-12-26(33(3,4)35)14-27(13-22)34(36,37)38/h12-17,19-21,23,28-29H,6-11,18H2,1-5H3,(H,45,46). The molecule has 0 radical (unpaired) electrons. The van der Waals surface area contributed by atoms with E-state index in [0.717, 1.165) is 17.7 Å². The predicted molar refractivity (Wildman–Crippen MR) is 170 cm³/mol. The number of alkyl halides is 4. The molecule has 3 aromatic rings. The second-order valence-electron chi connectivity index (χ2n) is 13.6. The highest BCUT2D eigenvalue weighted by atomic mass is 19.4. The SMILES string of the molecule is CC1CC(N(Cc2cc(C(C)(C)F)cc(C(F)(F)F)c2)c2ncc(-c3cnn(C)c3)cn2)CC(C)N1C(=O)OC1CCC(C(=O)O)CC1. The van der Waals surface area contributed by atoms with E-state index in [0.29, 0.717) is 44.1 Å². The molecule has 1 saturated carbocycles. The summed E-state index contributed by atoms with van der Waals surface area (Å²) in [5, 5.41) is 13.5. The van der Waals surface area contributed by atoms with Crippen LogP contribution in [0.5, 0.6) is 0 Å². The van der Waals surface area contributed by atoms with Gasteiger partial charge in [0.15, 0.2) is 0 Å². The number of carbonyl (C=O) groups is 2. The minimum absolute atomic E-state index is 0.0272. The quantitative estimate of drug-likeness (QED) is 0.251. The maximum Gasteiger partial charge on any atom is 0.416 e. The lowest BCUT2D eigenvalue weighted by Gasteiger charge is -2.46. The summed E-state index contributed by atoms with van der Waals surface area (Å²) in [6, 6.07) is 2.43. The van der Waals surface area contributed by atoms with Crippen molar-refractivity contribution in [2.45, 2.75) is 109 Å². The summed E-state index contributed by atoms with van der Waals surface area (Å²) in [5.41, 5.74) is -1.27. The molecule has 260 valence electrons. The van der Waals surface area contributed by atoms with Crippen LogP contribution in [0.15, 0.2) is 43.0 Å². The van der Waals surface area contributed by atoms with Crippen LogP contribution < -0.4 is 4.90 Å². The lowest BCUT2D eigenvalue weighted by atomic mass is 9.87. The summed E-state index contributed by atoms with van der Waals surface area (Å²) in [6.07, 6.45) is 4.00. The van der Waals surface area contributed by atoms with E-state index >= 15 is 4.39 Å². The highest BCUT2D eigenvalue weighted by Crippen LogP contribution is 2.37. The predicted octanol–water partition coefficient (Wildman–Crippen LogP) is 7.13. The van der Waals surface area contributed by atoms with Crippen molar-refractivity contribution >= 4 is 18.0 Å². The zero-order valence-corrected chi connectivity index (χ0v) is 27.7. The maximum atomic E-state index is 15.0. The number of likely N-dealkylation sites (tertiary alicyclic amines) is 1. The lowest BCUT2D eigenvalue weighted by Crippen LogP contribution is -2.56. The van der Waals surface area contributed by atoms with Crippen LogP contribution in [0, 0.1) is 5.92 Å². The highest BCUT2D eigenvalue weighted by Gasteiger charge is 2.40. The second kappa shape index (κ2) is 13.7. The smallest absolute Gasteiger partial charge is 0.416 e. The van der Waals surface area contributed by atoms with E-state index in [-0.39, 0.29) is 47.8 Å². The first kappa shape index (κ1) is 35.1. The van der Waals surface area contributed by atoms with Crippen molar-refractivity contribution in [2.75, 3.05) is 4.90 Å². The number of piperidine rings is 1. The van der Waals surface area contributed by atoms with Crippen LogP contribution in [0.25, 0.3) is 11.1 Å². The van der Waals surface area contributed by atoms with Gasteiger partial charge in [-0.3, -0.25) is 9.48 Å². The molecule has 1 aromatic carbocycles. The largest absolute Gasteiger partial charge is 0.481 e. The molecule has 0 bridgehead atoms. The van der Waals surface area contributed by atoms with Gasteiger partial charge < -0.3 is 19.6 Å². The van der Waals surface area contributed by atoms with Gasteiger partial charge in [-0.15, -0.1) is 0 Å². The van der Waals surface area contributed by atoms with Crippen LogP contribution >= 0.6 is 0 Å². The van der Waals surface area contributed by atoms with Crippen molar-refractivity contribution in [3.63, 3.8) is 0 Å². The minimum atomic E-state index is -4.68. The number of aliphatic carboxylic acids is 1. The number of hydrogen-bond donors (Lipinski definition) is 1. The number of hydrogen-bond acceptors (Lipinski definition) is 7. The maximum absolute atomic E-state index is 15.0. The number of rotatable bonds is 8. The minimum Gasteiger partial charge on any atom is -0.481 e. The Balaban J connectivity index is 1.41. The molecule has 2 aliphatic rings. The van der Waals surface area contributed by atoms with Crippen molar-refractivity contribution in [3.05, 3.63) is 59.7 Å². The molecule has 10 nitrogen and oxygen atoms in total. The van der Waals surface area contributed by atoms with Crippen LogP contribution in [0.3, 0.4) is 0 Å². The average molecular weight is 675 g/mol. The number of amides is 1. The Morgan fingerprint density at radius 1 is 0.938 bits per heavy atom. The molecule has 2 unspecified atom stereocenters. The van der Waals surface area contributed by atoms with Crippen LogP contribution in [0.1, 0.15) is 82.9 Å². The Labute approximate surface area is 277 Å². The molecule has 3 heterocycles. The fourth-order valence-corrected chi connectivity index (χ4v) is 6.83. The third kappa shape index (κ3) is 8.07. The highest BCUT2D eigenvalue weighted by molar-refractivity contribution is 5.70. The fourth-order valence-electron chi connectivity index (χ4n) is 6.83.